The number of aryl methyl sites for hydroxylation is 1. The van der Waals surface area contributed by atoms with Crippen molar-refractivity contribution in [3.63, 3.8) is 0 Å². The second-order valence-corrected chi connectivity index (χ2v) is 3.50. The molecule has 0 aliphatic rings. The maximum absolute atomic E-state index is 10.8. The summed E-state index contributed by atoms with van der Waals surface area (Å²) >= 11 is 5.90. The number of halogens is 1. The quantitative estimate of drug-likeness (QED) is 0.822. The molecule has 0 aliphatic carbocycles. The Kier molecular flexibility index (Phi) is 3.11. The summed E-state index contributed by atoms with van der Waals surface area (Å²) in [5.41, 5.74) is 2.53. The molecule has 14 heavy (non-hydrogen) atoms. The lowest BCUT2D eigenvalue weighted by molar-refractivity contribution is 0.0690. The molecule has 0 fully saturated rings. The second kappa shape index (κ2) is 3.96. The van der Waals surface area contributed by atoms with Crippen LogP contribution in [0.1, 0.15) is 34.2 Å². The Labute approximate surface area is 87.7 Å². The van der Waals surface area contributed by atoms with Crippen molar-refractivity contribution in [1.82, 2.24) is 4.98 Å². The van der Waals surface area contributed by atoms with E-state index in [1.165, 1.54) is 0 Å². The second-order valence-electron chi connectivity index (χ2n) is 3.12. The van der Waals surface area contributed by atoms with Gasteiger partial charge in [0, 0.05) is 5.69 Å². The molecule has 0 amide bonds. The first kappa shape index (κ1) is 11.0. The molecular formula is C10H12ClNO2. The van der Waals surface area contributed by atoms with Gasteiger partial charge in [0.2, 0.25) is 0 Å². The zero-order chi connectivity index (χ0) is 10.9. The summed E-state index contributed by atoms with van der Waals surface area (Å²) in [5, 5.41) is 9.08. The van der Waals surface area contributed by atoms with E-state index in [0.717, 1.165) is 23.2 Å². The average molecular weight is 214 g/mol. The highest BCUT2D eigenvalue weighted by atomic mass is 35.5. The predicted octanol–water partition coefficient (Wildman–Crippen LogP) is 2.61. The number of rotatable bonds is 2. The molecule has 0 spiro atoms. The van der Waals surface area contributed by atoms with Crippen LogP contribution in [0.15, 0.2) is 0 Å². The SMILES string of the molecule is CCc1c(C)nc(C(=O)O)c(Cl)c1C. The normalized spacial score (nSPS) is 10.3. The molecule has 0 unspecified atom stereocenters. The van der Waals surface area contributed by atoms with E-state index >= 15 is 0 Å². The van der Waals surface area contributed by atoms with Gasteiger partial charge in [-0.2, -0.15) is 0 Å². The van der Waals surface area contributed by atoms with Gasteiger partial charge in [0.05, 0.1) is 5.02 Å². The fraction of sp³-hybridized carbons (Fsp3) is 0.400. The Hall–Kier alpha value is -1.09. The summed E-state index contributed by atoms with van der Waals surface area (Å²) in [4.78, 5) is 14.8. The molecule has 1 rings (SSSR count). The van der Waals surface area contributed by atoms with E-state index in [2.05, 4.69) is 4.98 Å². The van der Waals surface area contributed by atoms with Crippen LogP contribution in [0.25, 0.3) is 0 Å². The first-order chi connectivity index (χ1) is 6.49. The summed E-state index contributed by atoms with van der Waals surface area (Å²) in [5.74, 6) is -1.08. The minimum atomic E-state index is -1.08. The van der Waals surface area contributed by atoms with Crippen LogP contribution >= 0.6 is 11.6 Å². The number of carboxylic acid groups (broad SMARTS) is 1. The topological polar surface area (TPSA) is 50.2 Å². The van der Waals surface area contributed by atoms with Crippen molar-refractivity contribution < 1.29 is 9.90 Å². The lowest BCUT2D eigenvalue weighted by Gasteiger charge is -2.10. The van der Waals surface area contributed by atoms with Crippen LogP contribution in [-0.2, 0) is 6.42 Å². The van der Waals surface area contributed by atoms with Crippen molar-refractivity contribution in [3.8, 4) is 0 Å². The highest BCUT2D eigenvalue weighted by molar-refractivity contribution is 6.34. The van der Waals surface area contributed by atoms with Gasteiger partial charge in [0.1, 0.15) is 0 Å². The highest BCUT2D eigenvalue weighted by Gasteiger charge is 2.16. The van der Waals surface area contributed by atoms with Gasteiger partial charge in [0.15, 0.2) is 5.69 Å². The molecule has 0 atom stereocenters. The summed E-state index contributed by atoms with van der Waals surface area (Å²) < 4.78 is 0. The number of hydrogen-bond acceptors (Lipinski definition) is 2. The fourth-order valence-electron chi connectivity index (χ4n) is 1.53. The molecule has 0 aromatic carbocycles. The molecule has 1 N–H and O–H groups in total. The zero-order valence-electron chi connectivity index (χ0n) is 8.39. The highest BCUT2D eigenvalue weighted by Crippen LogP contribution is 2.24. The molecular weight excluding hydrogens is 202 g/mol. The number of nitrogens with zero attached hydrogens (tertiary/aromatic N) is 1. The fourth-order valence-corrected chi connectivity index (χ4v) is 1.77. The third-order valence-corrected chi connectivity index (χ3v) is 2.72. The third-order valence-electron chi connectivity index (χ3n) is 2.26. The molecule has 1 heterocycles. The summed E-state index contributed by atoms with van der Waals surface area (Å²) in [6, 6.07) is 0. The van der Waals surface area contributed by atoms with E-state index in [4.69, 9.17) is 16.7 Å². The molecule has 4 heteroatoms. The lowest BCUT2D eigenvalue weighted by Crippen LogP contribution is -2.07. The first-order valence-electron chi connectivity index (χ1n) is 4.37. The molecule has 1 aromatic rings. The number of carboxylic acids is 1. The minimum Gasteiger partial charge on any atom is -0.476 e. The van der Waals surface area contributed by atoms with Crippen molar-refractivity contribution in [2.45, 2.75) is 27.2 Å². The van der Waals surface area contributed by atoms with Crippen molar-refractivity contribution >= 4 is 17.6 Å². The van der Waals surface area contributed by atoms with E-state index < -0.39 is 5.97 Å². The molecule has 0 saturated heterocycles. The Morgan fingerprint density at radius 3 is 2.50 bits per heavy atom. The molecule has 0 bridgehead atoms. The standard InChI is InChI=1S/C10H12ClNO2/c1-4-7-5(2)8(11)9(10(13)14)12-6(7)3/h4H2,1-3H3,(H,13,14). The van der Waals surface area contributed by atoms with E-state index in [1.54, 1.807) is 6.92 Å². The van der Waals surface area contributed by atoms with Gasteiger partial charge < -0.3 is 5.11 Å². The maximum atomic E-state index is 10.8. The molecule has 76 valence electrons. The van der Waals surface area contributed by atoms with Crippen LogP contribution in [0, 0.1) is 13.8 Å². The number of hydrogen-bond donors (Lipinski definition) is 1. The summed E-state index contributed by atoms with van der Waals surface area (Å²) in [6.45, 7) is 5.62. The van der Waals surface area contributed by atoms with Crippen LogP contribution in [0.4, 0.5) is 0 Å². The van der Waals surface area contributed by atoms with E-state index in [-0.39, 0.29) is 10.7 Å². The van der Waals surface area contributed by atoms with Crippen LogP contribution in [-0.4, -0.2) is 16.1 Å². The van der Waals surface area contributed by atoms with Gasteiger partial charge in [-0.1, -0.05) is 18.5 Å². The van der Waals surface area contributed by atoms with Gasteiger partial charge >= 0.3 is 5.97 Å². The van der Waals surface area contributed by atoms with Crippen LogP contribution < -0.4 is 0 Å². The molecule has 1 aromatic heterocycles. The molecule has 3 nitrogen and oxygen atoms in total. The number of pyridine rings is 1. The van der Waals surface area contributed by atoms with Crippen molar-refractivity contribution in [2.75, 3.05) is 0 Å². The van der Waals surface area contributed by atoms with Crippen molar-refractivity contribution in [2.24, 2.45) is 0 Å². The lowest BCUT2D eigenvalue weighted by atomic mass is 10.0. The van der Waals surface area contributed by atoms with Crippen LogP contribution in [0.2, 0.25) is 5.02 Å². The number of aromatic nitrogens is 1. The minimum absolute atomic E-state index is 0.0566. The average Bonchev–Trinajstić information content (AvgIpc) is 2.12. The van der Waals surface area contributed by atoms with E-state index in [9.17, 15) is 4.79 Å². The molecule has 0 saturated carbocycles. The van der Waals surface area contributed by atoms with Gasteiger partial charge in [-0.15, -0.1) is 0 Å². The van der Waals surface area contributed by atoms with Gasteiger partial charge in [-0.05, 0) is 31.4 Å². The number of aromatic carboxylic acids is 1. The maximum Gasteiger partial charge on any atom is 0.356 e. The Morgan fingerprint density at radius 2 is 2.07 bits per heavy atom. The van der Waals surface area contributed by atoms with Gasteiger partial charge in [-0.25, -0.2) is 9.78 Å². The smallest absolute Gasteiger partial charge is 0.356 e. The number of carbonyl (C=O) groups is 1. The van der Waals surface area contributed by atoms with Crippen LogP contribution in [0.5, 0.6) is 0 Å². The molecule has 0 radical (unpaired) electrons. The van der Waals surface area contributed by atoms with Crippen LogP contribution in [0.3, 0.4) is 0 Å². The monoisotopic (exact) mass is 213 g/mol. The van der Waals surface area contributed by atoms with Crippen molar-refractivity contribution in [1.29, 1.82) is 0 Å². The Bertz CT molecular complexity index is 388. The summed E-state index contributed by atoms with van der Waals surface area (Å²) in [7, 11) is 0. The largest absolute Gasteiger partial charge is 0.476 e. The molecule has 0 aliphatic heterocycles. The van der Waals surface area contributed by atoms with Crippen molar-refractivity contribution in [3.05, 3.63) is 27.5 Å². The third kappa shape index (κ3) is 1.73. The summed E-state index contributed by atoms with van der Waals surface area (Å²) in [6.07, 6.45) is 0.810. The Morgan fingerprint density at radius 1 is 1.50 bits per heavy atom. The first-order valence-corrected chi connectivity index (χ1v) is 4.75. The van der Waals surface area contributed by atoms with Gasteiger partial charge in [0.25, 0.3) is 0 Å². The van der Waals surface area contributed by atoms with E-state index in [0.29, 0.717) is 0 Å². The zero-order valence-corrected chi connectivity index (χ0v) is 9.14. The van der Waals surface area contributed by atoms with Gasteiger partial charge in [-0.3, -0.25) is 0 Å². The van der Waals surface area contributed by atoms with E-state index in [1.807, 2.05) is 13.8 Å². The Balaban J connectivity index is 3.47. The predicted molar refractivity (Wildman–Crippen MR) is 55.1 cm³/mol.